The van der Waals surface area contributed by atoms with Gasteiger partial charge in [-0.15, -0.1) is 0 Å². The number of pyridine rings is 1. The number of aromatic nitrogens is 3. The number of fused-ring (bicyclic) bond motifs is 1. The highest BCUT2D eigenvalue weighted by Gasteiger charge is 2.23. The number of nitrogens with one attached hydrogen (secondary N) is 4. The fourth-order valence-electron chi connectivity index (χ4n) is 8.05. The van der Waals surface area contributed by atoms with Gasteiger partial charge in [0.2, 0.25) is 0 Å². The van der Waals surface area contributed by atoms with Gasteiger partial charge in [-0.3, -0.25) is 14.5 Å². The summed E-state index contributed by atoms with van der Waals surface area (Å²) in [4.78, 5) is 34.4. The molecule has 3 aromatic carbocycles. The first kappa shape index (κ1) is 39.1. The van der Waals surface area contributed by atoms with Crippen molar-refractivity contribution in [3.63, 3.8) is 0 Å². The Kier molecular flexibility index (Phi) is 12.4. The lowest BCUT2D eigenvalue weighted by atomic mass is 10.00. The first-order chi connectivity index (χ1) is 27.2. The number of ether oxygens (including phenoxy) is 1. The fraction of sp³-hybridized carbons (Fsp3) is 0.409. The molecule has 0 aliphatic carbocycles. The van der Waals surface area contributed by atoms with E-state index in [-0.39, 0.29) is 36.8 Å². The average Bonchev–Trinajstić information content (AvgIpc) is 3.62. The van der Waals surface area contributed by atoms with E-state index in [0.717, 1.165) is 71.6 Å². The fourth-order valence-corrected chi connectivity index (χ4v) is 8.05. The molecule has 2 amide bonds. The van der Waals surface area contributed by atoms with Gasteiger partial charge in [0, 0.05) is 93.0 Å². The highest BCUT2D eigenvalue weighted by molar-refractivity contribution is 6.00. The van der Waals surface area contributed by atoms with Gasteiger partial charge in [-0.2, -0.15) is 5.10 Å². The van der Waals surface area contributed by atoms with Crippen molar-refractivity contribution in [2.45, 2.75) is 91.3 Å². The maximum Gasteiger partial charge on any atom is 0.251 e. The van der Waals surface area contributed by atoms with E-state index in [4.69, 9.17) is 9.72 Å². The third kappa shape index (κ3) is 9.26. The Balaban J connectivity index is 1.02. The summed E-state index contributed by atoms with van der Waals surface area (Å²) in [5, 5.41) is 18.8. The summed E-state index contributed by atoms with van der Waals surface area (Å²) < 4.78 is 22.4. The van der Waals surface area contributed by atoms with Crippen LogP contribution in [-0.4, -0.2) is 75.9 Å². The van der Waals surface area contributed by atoms with Crippen molar-refractivity contribution in [3.8, 4) is 11.1 Å². The molecule has 2 atom stereocenters. The molecule has 12 heteroatoms. The third-order valence-electron chi connectivity index (χ3n) is 10.7. The van der Waals surface area contributed by atoms with Gasteiger partial charge < -0.3 is 26.0 Å². The molecule has 7 rings (SSSR count). The molecule has 0 saturated carbocycles. The largest absolute Gasteiger partial charge is 0.381 e. The zero-order chi connectivity index (χ0) is 39.2. The number of carbonyl (C=O) groups is 2. The number of rotatable bonds is 13. The molecule has 2 aliphatic heterocycles. The molecule has 294 valence electrons. The summed E-state index contributed by atoms with van der Waals surface area (Å²) >= 11 is 0. The number of hydrogen-bond donors (Lipinski definition) is 4. The number of aryl methyl sites for hydroxylation is 2. The van der Waals surface area contributed by atoms with E-state index in [0.29, 0.717) is 55.0 Å². The first-order valence-corrected chi connectivity index (χ1v) is 19.9. The van der Waals surface area contributed by atoms with Crippen molar-refractivity contribution in [1.82, 2.24) is 35.6 Å². The quantitative estimate of drug-likeness (QED) is 0.108. The van der Waals surface area contributed by atoms with Crippen molar-refractivity contribution < 1.29 is 18.7 Å². The van der Waals surface area contributed by atoms with Gasteiger partial charge in [0.1, 0.15) is 5.82 Å². The van der Waals surface area contributed by atoms with Crippen molar-refractivity contribution in [3.05, 3.63) is 112 Å². The molecule has 4 heterocycles. The lowest BCUT2D eigenvalue weighted by molar-refractivity contribution is 0.0904. The number of amides is 2. The lowest BCUT2D eigenvalue weighted by Gasteiger charge is -2.36. The second-order valence-electron chi connectivity index (χ2n) is 15.2. The molecule has 2 fully saturated rings. The van der Waals surface area contributed by atoms with Gasteiger partial charge in [0.05, 0.1) is 17.3 Å². The maximum atomic E-state index is 15.0. The van der Waals surface area contributed by atoms with Crippen LogP contribution < -0.4 is 21.3 Å². The molecule has 0 bridgehead atoms. The van der Waals surface area contributed by atoms with Crippen LogP contribution in [0.2, 0.25) is 0 Å². The number of anilines is 1. The lowest BCUT2D eigenvalue weighted by Crippen LogP contribution is -2.53. The molecule has 0 spiro atoms. The zero-order valence-electron chi connectivity index (χ0n) is 32.8. The van der Waals surface area contributed by atoms with Crippen LogP contribution in [0.25, 0.3) is 22.2 Å². The van der Waals surface area contributed by atoms with Crippen molar-refractivity contribution >= 4 is 28.5 Å². The normalized spacial score (nSPS) is 17.9. The molecule has 2 aromatic heterocycles. The minimum absolute atomic E-state index is 0.128. The Morgan fingerprint density at radius 3 is 2.29 bits per heavy atom. The van der Waals surface area contributed by atoms with Gasteiger partial charge in [-0.25, -0.2) is 14.1 Å². The van der Waals surface area contributed by atoms with Gasteiger partial charge in [0.15, 0.2) is 5.65 Å². The molecule has 2 aliphatic rings. The number of benzene rings is 3. The predicted molar refractivity (Wildman–Crippen MR) is 218 cm³/mol. The molecule has 2 saturated heterocycles. The van der Waals surface area contributed by atoms with Crippen LogP contribution in [0.1, 0.15) is 83.6 Å². The highest BCUT2D eigenvalue weighted by atomic mass is 19.1. The third-order valence-corrected chi connectivity index (χ3v) is 10.7. The SMILES string of the molecule is CCc1nc2c(cnn2CC)c(NC2CCOCC2)c1CNC(=O)c1cccc(C(=O)NCc2cc(F)cc(-c3cccc(CN4C[C@@H](C)N[C@@H](C)C4)c3)c2)c1. The zero-order valence-corrected chi connectivity index (χ0v) is 32.8. The van der Waals surface area contributed by atoms with Crippen LogP contribution in [-0.2, 0) is 37.3 Å². The van der Waals surface area contributed by atoms with E-state index in [1.165, 1.54) is 17.7 Å². The molecular formula is C44H53FN8O3. The summed E-state index contributed by atoms with van der Waals surface area (Å²) in [6.07, 6.45) is 4.30. The van der Waals surface area contributed by atoms with E-state index in [1.807, 2.05) is 36.0 Å². The van der Waals surface area contributed by atoms with Crippen LogP contribution in [0.5, 0.6) is 0 Å². The summed E-state index contributed by atoms with van der Waals surface area (Å²) in [5.74, 6) is -1.03. The van der Waals surface area contributed by atoms with Crippen LogP contribution in [0.4, 0.5) is 10.1 Å². The summed E-state index contributed by atoms with van der Waals surface area (Å²) in [5.41, 5.74) is 7.77. The first-order valence-electron chi connectivity index (χ1n) is 19.9. The highest BCUT2D eigenvalue weighted by Crippen LogP contribution is 2.31. The number of nitrogens with zero attached hydrogens (tertiary/aromatic N) is 4. The monoisotopic (exact) mass is 760 g/mol. The average molecular weight is 761 g/mol. The maximum absolute atomic E-state index is 15.0. The Labute approximate surface area is 328 Å². The smallest absolute Gasteiger partial charge is 0.251 e. The second-order valence-corrected chi connectivity index (χ2v) is 15.2. The van der Waals surface area contributed by atoms with Gasteiger partial charge in [-0.1, -0.05) is 31.2 Å². The number of hydrogen-bond acceptors (Lipinski definition) is 8. The van der Waals surface area contributed by atoms with Crippen molar-refractivity contribution in [1.29, 1.82) is 0 Å². The molecule has 56 heavy (non-hydrogen) atoms. The Morgan fingerprint density at radius 2 is 1.57 bits per heavy atom. The predicted octanol–water partition coefficient (Wildman–Crippen LogP) is 6.45. The summed E-state index contributed by atoms with van der Waals surface area (Å²) in [6, 6.07) is 20.8. The standard InChI is InChI=1S/C44H53FN8O3/c1-5-40-38(41(50-37-13-15-56-16-14-37)39-24-48-53(6-2)42(39)51-40)23-47-44(55)34-12-8-11-33(20-34)43(54)46-22-31-18-35(21-36(45)19-31)32-10-7-9-30(17-32)27-52-25-28(3)49-29(4)26-52/h7-12,17-21,24,28-29,37,49H,5-6,13-16,22-23,25-27H2,1-4H3,(H,46,54)(H,47,55)(H,50,51)/t28-,29+. The molecule has 4 N–H and O–H groups in total. The number of piperazine rings is 1. The molecule has 5 aromatic rings. The summed E-state index contributed by atoms with van der Waals surface area (Å²) in [7, 11) is 0. The number of halogens is 1. The van der Waals surface area contributed by atoms with Crippen LogP contribution in [0.3, 0.4) is 0 Å². The van der Waals surface area contributed by atoms with E-state index in [9.17, 15) is 14.0 Å². The van der Waals surface area contributed by atoms with Gasteiger partial charge in [0.25, 0.3) is 11.8 Å². The Bertz CT molecular complexity index is 2170. The number of carbonyl (C=O) groups excluding carboxylic acids is 2. The minimum atomic E-state index is -0.369. The van der Waals surface area contributed by atoms with Gasteiger partial charge in [-0.05, 0) is 105 Å². The van der Waals surface area contributed by atoms with E-state index >= 15 is 0 Å². The Morgan fingerprint density at radius 1 is 0.875 bits per heavy atom. The van der Waals surface area contributed by atoms with Crippen LogP contribution in [0.15, 0.2) is 72.9 Å². The van der Waals surface area contributed by atoms with Crippen LogP contribution in [0, 0.1) is 5.82 Å². The topological polar surface area (TPSA) is 125 Å². The molecule has 11 nitrogen and oxygen atoms in total. The van der Waals surface area contributed by atoms with Crippen molar-refractivity contribution in [2.24, 2.45) is 0 Å². The van der Waals surface area contributed by atoms with E-state index < -0.39 is 0 Å². The summed E-state index contributed by atoms with van der Waals surface area (Å²) in [6.45, 7) is 13.8. The second kappa shape index (κ2) is 17.7. The van der Waals surface area contributed by atoms with E-state index in [1.54, 1.807) is 24.3 Å². The van der Waals surface area contributed by atoms with Gasteiger partial charge >= 0.3 is 0 Å². The Hall–Kier alpha value is -5.17. The van der Waals surface area contributed by atoms with E-state index in [2.05, 4.69) is 64.2 Å². The molecule has 0 unspecified atom stereocenters. The van der Waals surface area contributed by atoms with Crippen LogP contribution >= 0.6 is 0 Å². The molecular weight excluding hydrogens is 708 g/mol. The van der Waals surface area contributed by atoms with Crippen molar-refractivity contribution in [2.75, 3.05) is 31.6 Å². The minimum Gasteiger partial charge on any atom is -0.381 e. The molecule has 0 radical (unpaired) electrons.